The first-order valence-electron chi connectivity index (χ1n) is 6.16. The summed E-state index contributed by atoms with van der Waals surface area (Å²) < 4.78 is 63.9. The van der Waals surface area contributed by atoms with E-state index in [0.717, 1.165) is 12.1 Å². The van der Waals surface area contributed by atoms with E-state index in [0.29, 0.717) is 25.5 Å². The average Bonchev–Trinajstić information content (AvgIpc) is 2.87. The molecule has 1 aromatic rings. The third-order valence-electron chi connectivity index (χ3n) is 3.36. The van der Waals surface area contributed by atoms with E-state index < -0.39 is 21.8 Å². The maximum Gasteiger partial charge on any atom is 0.416 e. The fourth-order valence-corrected chi connectivity index (χ4v) is 4.08. The molecule has 8 heteroatoms. The quantitative estimate of drug-likeness (QED) is 0.926. The van der Waals surface area contributed by atoms with Crippen molar-refractivity contribution in [2.45, 2.75) is 30.0 Å². The van der Waals surface area contributed by atoms with Crippen LogP contribution in [-0.4, -0.2) is 31.9 Å². The predicted octanol–water partition coefficient (Wildman–Crippen LogP) is 1.82. The number of hydrogen-bond donors (Lipinski definition) is 1. The van der Waals surface area contributed by atoms with Gasteiger partial charge in [-0.3, -0.25) is 0 Å². The molecule has 0 aromatic heterocycles. The molecule has 0 unspecified atom stereocenters. The Morgan fingerprint density at radius 1 is 1.35 bits per heavy atom. The van der Waals surface area contributed by atoms with Gasteiger partial charge in [-0.1, -0.05) is 6.07 Å². The summed E-state index contributed by atoms with van der Waals surface area (Å²) in [5.74, 6) is 0. The Kier molecular flexibility index (Phi) is 4.08. The van der Waals surface area contributed by atoms with E-state index in [9.17, 15) is 21.6 Å². The number of hydrogen-bond acceptors (Lipinski definition) is 3. The van der Waals surface area contributed by atoms with Crippen molar-refractivity contribution in [1.82, 2.24) is 4.31 Å². The van der Waals surface area contributed by atoms with Gasteiger partial charge in [0.2, 0.25) is 10.0 Å². The van der Waals surface area contributed by atoms with E-state index in [-0.39, 0.29) is 17.5 Å². The van der Waals surface area contributed by atoms with Crippen molar-refractivity contribution in [3.05, 3.63) is 29.8 Å². The summed E-state index contributed by atoms with van der Waals surface area (Å²) in [4.78, 5) is -0.340. The van der Waals surface area contributed by atoms with Gasteiger partial charge in [-0.15, -0.1) is 0 Å². The highest BCUT2D eigenvalue weighted by Gasteiger charge is 2.36. The van der Waals surface area contributed by atoms with Crippen LogP contribution in [0.1, 0.15) is 18.4 Å². The van der Waals surface area contributed by atoms with Gasteiger partial charge in [0, 0.05) is 19.1 Å². The molecular formula is C12H15F3N2O2S. The first-order chi connectivity index (χ1) is 9.26. The summed E-state index contributed by atoms with van der Waals surface area (Å²) in [5, 5.41) is 0. The molecule has 1 fully saturated rings. The molecule has 1 atom stereocenters. The second-order valence-electron chi connectivity index (χ2n) is 4.67. The molecule has 2 N–H and O–H groups in total. The van der Waals surface area contributed by atoms with Crippen molar-refractivity contribution in [1.29, 1.82) is 0 Å². The highest BCUT2D eigenvalue weighted by molar-refractivity contribution is 7.89. The molecule has 4 nitrogen and oxygen atoms in total. The molecule has 1 heterocycles. The molecule has 1 aromatic carbocycles. The fraction of sp³-hybridized carbons (Fsp3) is 0.500. The lowest BCUT2D eigenvalue weighted by Crippen LogP contribution is -2.39. The van der Waals surface area contributed by atoms with Crippen LogP contribution in [0, 0.1) is 0 Å². The summed E-state index contributed by atoms with van der Waals surface area (Å²) in [6.45, 7) is 0.457. The normalized spacial score (nSPS) is 21.3. The highest BCUT2D eigenvalue weighted by atomic mass is 32.2. The largest absolute Gasteiger partial charge is 0.416 e. The molecule has 0 spiro atoms. The molecule has 1 saturated heterocycles. The number of benzene rings is 1. The smallest absolute Gasteiger partial charge is 0.329 e. The van der Waals surface area contributed by atoms with Gasteiger partial charge in [0.1, 0.15) is 0 Å². The Labute approximate surface area is 115 Å². The molecule has 112 valence electrons. The van der Waals surface area contributed by atoms with Gasteiger partial charge in [-0.05, 0) is 31.0 Å². The van der Waals surface area contributed by atoms with Gasteiger partial charge in [0.05, 0.1) is 10.5 Å². The fourth-order valence-electron chi connectivity index (χ4n) is 2.33. The summed E-state index contributed by atoms with van der Waals surface area (Å²) in [5.41, 5.74) is 4.54. The molecule has 0 radical (unpaired) electrons. The Bertz CT molecular complexity index is 587. The van der Waals surface area contributed by atoms with Crippen molar-refractivity contribution >= 4 is 10.0 Å². The lowest BCUT2D eigenvalue weighted by Gasteiger charge is -2.23. The van der Waals surface area contributed by atoms with Crippen LogP contribution in [0.15, 0.2) is 29.2 Å². The Morgan fingerprint density at radius 2 is 2.05 bits per heavy atom. The first kappa shape index (κ1) is 15.3. The Hall–Kier alpha value is -1.12. The number of nitrogens with two attached hydrogens (primary N) is 1. The SMILES string of the molecule is NC[C@@H]1CCCN1S(=O)(=O)c1cccc(C(F)(F)F)c1. The van der Waals surface area contributed by atoms with Crippen LogP contribution in [0.2, 0.25) is 0 Å². The van der Waals surface area contributed by atoms with Crippen molar-refractivity contribution in [2.24, 2.45) is 5.73 Å². The van der Waals surface area contributed by atoms with Gasteiger partial charge in [0.15, 0.2) is 0 Å². The van der Waals surface area contributed by atoms with Gasteiger partial charge in [-0.2, -0.15) is 17.5 Å². The minimum Gasteiger partial charge on any atom is -0.329 e. The van der Waals surface area contributed by atoms with Gasteiger partial charge in [0.25, 0.3) is 0 Å². The molecule has 0 aliphatic carbocycles. The standard InChI is InChI=1S/C12H15F3N2O2S/c13-12(14,15)9-3-1-5-11(7-9)20(18,19)17-6-2-4-10(17)8-16/h1,3,5,7,10H,2,4,6,8,16H2/t10-/m0/s1. The second-order valence-corrected chi connectivity index (χ2v) is 6.56. The number of alkyl halides is 3. The molecule has 0 amide bonds. The van der Waals surface area contributed by atoms with Crippen LogP contribution in [0.3, 0.4) is 0 Å². The third-order valence-corrected chi connectivity index (χ3v) is 5.31. The number of sulfonamides is 1. The number of rotatable bonds is 3. The van der Waals surface area contributed by atoms with Crippen molar-refractivity contribution in [3.63, 3.8) is 0 Å². The van der Waals surface area contributed by atoms with Crippen LogP contribution in [0.25, 0.3) is 0 Å². The molecule has 1 aliphatic heterocycles. The van der Waals surface area contributed by atoms with E-state index >= 15 is 0 Å². The molecule has 0 bridgehead atoms. The van der Waals surface area contributed by atoms with Crippen LogP contribution in [0.5, 0.6) is 0 Å². The monoisotopic (exact) mass is 308 g/mol. The van der Waals surface area contributed by atoms with E-state index in [4.69, 9.17) is 5.73 Å². The van der Waals surface area contributed by atoms with Gasteiger partial charge < -0.3 is 5.73 Å². The summed E-state index contributed by atoms with van der Waals surface area (Å²) in [6, 6.07) is 3.46. The molecule has 2 rings (SSSR count). The maximum absolute atomic E-state index is 12.6. The van der Waals surface area contributed by atoms with Crippen molar-refractivity contribution in [2.75, 3.05) is 13.1 Å². The average molecular weight is 308 g/mol. The lowest BCUT2D eigenvalue weighted by molar-refractivity contribution is -0.137. The zero-order valence-electron chi connectivity index (χ0n) is 10.6. The highest BCUT2D eigenvalue weighted by Crippen LogP contribution is 2.32. The van der Waals surface area contributed by atoms with Crippen molar-refractivity contribution < 1.29 is 21.6 Å². The van der Waals surface area contributed by atoms with Crippen LogP contribution >= 0.6 is 0 Å². The predicted molar refractivity (Wildman–Crippen MR) is 67.4 cm³/mol. The zero-order valence-corrected chi connectivity index (χ0v) is 11.4. The molecule has 20 heavy (non-hydrogen) atoms. The summed E-state index contributed by atoms with van der Waals surface area (Å²) in [7, 11) is -3.93. The lowest BCUT2D eigenvalue weighted by atomic mass is 10.2. The Balaban J connectivity index is 2.40. The maximum atomic E-state index is 12.6. The number of halogens is 3. The van der Waals surface area contributed by atoms with E-state index in [1.807, 2.05) is 0 Å². The van der Waals surface area contributed by atoms with Crippen molar-refractivity contribution in [3.8, 4) is 0 Å². The van der Waals surface area contributed by atoms with Gasteiger partial charge in [-0.25, -0.2) is 8.42 Å². The third kappa shape index (κ3) is 2.82. The Morgan fingerprint density at radius 3 is 2.65 bits per heavy atom. The summed E-state index contributed by atoms with van der Waals surface area (Å²) in [6.07, 6.45) is -3.27. The van der Waals surface area contributed by atoms with E-state index in [1.54, 1.807) is 0 Å². The zero-order chi connectivity index (χ0) is 15.0. The van der Waals surface area contributed by atoms with E-state index in [2.05, 4.69) is 0 Å². The molecular weight excluding hydrogens is 293 g/mol. The van der Waals surface area contributed by atoms with E-state index in [1.165, 1.54) is 10.4 Å². The molecule has 0 saturated carbocycles. The van der Waals surface area contributed by atoms with Crippen LogP contribution in [0.4, 0.5) is 13.2 Å². The second kappa shape index (κ2) is 5.34. The van der Waals surface area contributed by atoms with Gasteiger partial charge >= 0.3 is 6.18 Å². The van der Waals surface area contributed by atoms with Crippen LogP contribution in [-0.2, 0) is 16.2 Å². The minimum atomic E-state index is -4.57. The van der Waals surface area contributed by atoms with Crippen LogP contribution < -0.4 is 5.73 Å². The summed E-state index contributed by atoms with van der Waals surface area (Å²) >= 11 is 0. The molecule has 1 aliphatic rings. The number of nitrogens with zero attached hydrogens (tertiary/aromatic N) is 1. The topological polar surface area (TPSA) is 63.4 Å². The minimum absolute atomic E-state index is 0.165. The first-order valence-corrected chi connectivity index (χ1v) is 7.60.